The van der Waals surface area contributed by atoms with Gasteiger partial charge in [0.15, 0.2) is 0 Å². The fourth-order valence-electron chi connectivity index (χ4n) is 3.80. The molecule has 168 valence electrons. The van der Waals surface area contributed by atoms with Crippen LogP contribution in [-0.4, -0.2) is 46.7 Å². The molecular weight excluding hydrogens is 525 g/mol. The Balaban J connectivity index is 0.000000174. The highest BCUT2D eigenvalue weighted by Crippen LogP contribution is 2.32. The second-order valence-electron chi connectivity index (χ2n) is 7.66. The van der Waals surface area contributed by atoms with E-state index < -0.39 is 0 Å². The highest BCUT2D eigenvalue weighted by molar-refractivity contribution is 9.10. The van der Waals surface area contributed by atoms with Crippen molar-refractivity contribution in [3.63, 3.8) is 0 Å². The summed E-state index contributed by atoms with van der Waals surface area (Å²) in [7, 11) is 0. The topological polar surface area (TPSA) is 69.8 Å². The van der Waals surface area contributed by atoms with E-state index in [2.05, 4.69) is 71.6 Å². The Morgan fingerprint density at radius 3 is 2.15 bits per heavy atom. The number of fused-ring (bicyclic) bond motifs is 2. The van der Waals surface area contributed by atoms with E-state index >= 15 is 0 Å². The molecule has 1 fully saturated rings. The highest BCUT2D eigenvalue weighted by atomic mass is 79.9. The molecule has 33 heavy (non-hydrogen) atoms. The molecule has 3 heterocycles. The van der Waals surface area contributed by atoms with Crippen molar-refractivity contribution >= 4 is 66.6 Å². The van der Waals surface area contributed by atoms with Gasteiger partial charge in [-0.3, -0.25) is 10.2 Å². The number of morpholine rings is 1. The van der Waals surface area contributed by atoms with Crippen LogP contribution >= 0.6 is 39.1 Å². The maximum Gasteiger partial charge on any atom is 0.0665 e. The third kappa shape index (κ3) is 4.87. The minimum atomic E-state index is 0.707. The van der Waals surface area contributed by atoms with Gasteiger partial charge in [0.2, 0.25) is 0 Å². The fourth-order valence-corrected chi connectivity index (χ4v) is 4.59. The van der Waals surface area contributed by atoms with E-state index in [1.807, 2.05) is 24.4 Å². The largest absolute Gasteiger partial charge is 0.378 e. The smallest absolute Gasteiger partial charge is 0.0665 e. The normalized spacial score (nSPS) is 13.8. The Hall–Kier alpha value is -2.58. The highest BCUT2D eigenvalue weighted by Gasteiger charge is 2.12. The minimum absolute atomic E-state index is 0.707. The molecule has 1 saturated heterocycles. The van der Waals surface area contributed by atoms with Crippen molar-refractivity contribution in [1.29, 1.82) is 0 Å². The third-order valence-corrected chi connectivity index (χ3v) is 7.07. The number of halogens is 3. The Morgan fingerprint density at radius 1 is 0.818 bits per heavy atom. The van der Waals surface area contributed by atoms with Crippen LogP contribution in [0.4, 0.5) is 5.69 Å². The van der Waals surface area contributed by atoms with E-state index in [4.69, 9.17) is 27.9 Å². The molecule has 3 aromatic carbocycles. The number of ether oxygens (including phenoxy) is 1. The zero-order chi connectivity index (χ0) is 22.8. The first-order chi connectivity index (χ1) is 16.1. The van der Waals surface area contributed by atoms with Gasteiger partial charge in [-0.15, -0.1) is 0 Å². The molecule has 2 aromatic heterocycles. The first-order valence-corrected chi connectivity index (χ1v) is 12.0. The molecule has 6 rings (SSSR count). The average molecular weight is 545 g/mol. The summed E-state index contributed by atoms with van der Waals surface area (Å²) in [6, 6.07) is 16.3. The summed E-state index contributed by atoms with van der Waals surface area (Å²) in [6.07, 6.45) is 3.56. The van der Waals surface area contributed by atoms with E-state index in [-0.39, 0.29) is 0 Å². The van der Waals surface area contributed by atoms with Gasteiger partial charge in [-0.05, 0) is 57.9 Å². The van der Waals surface area contributed by atoms with Gasteiger partial charge in [0.05, 0.1) is 46.7 Å². The average Bonchev–Trinajstić information content (AvgIpc) is 3.49. The summed E-state index contributed by atoms with van der Waals surface area (Å²) in [5.74, 6) is 0. The number of benzene rings is 3. The standard InChI is InChI=1S/C17H16ClN3O.C7H4BrClN2/c18-16-10-17-13(11-19-20-17)9-15(16)12-1-3-14(4-2-12)21-5-7-22-8-6-21;8-5-2-7-4(1-6(5)9)3-10-11-7/h1-4,9-11H,5-8H2,(H,19,20);1-3H,(H,10,11). The predicted octanol–water partition coefficient (Wildman–Crippen LogP) is 6.70. The number of hydrogen-bond donors (Lipinski definition) is 2. The molecular formula is C24H20BrCl2N5O. The second-order valence-corrected chi connectivity index (χ2v) is 9.33. The van der Waals surface area contributed by atoms with E-state index in [0.717, 1.165) is 68.7 Å². The van der Waals surface area contributed by atoms with Gasteiger partial charge in [0.1, 0.15) is 0 Å². The quantitative estimate of drug-likeness (QED) is 0.259. The van der Waals surface area contributed by atoms with Crippen molar-refractivity contribution in [2.75, 3.05) is 31.2 Å². The van der Waals surface area contributed by atoms with Gasteiger partial charge >= 0.3 is 0 Å². The Kier molecular flexibility index (Phi) is 6.55. The molecule has 0 amide bonds. The first-order valence-electron chi connectivity index (χ1n) is 10.4. The summed E-state index contributed by atoms with van der Waals surface area (Å²) in [5, 5.41) is 17.2. The molecule has 0 unspecified atom stereocenters. The lowest BCUT2D eigenvalue weighted by Gasteiger charge is -2.29. The third-order valence-electron chi connectivity index (χ3n) is 5.56. The molecule has 2 N–H and O–H groups in total. The molecule has 1 aliphatic heterocycles. The first kappa shape index (κ1) is 22.2. The van der Waals surface area contributed by atoms with Gasteiger partial charge in [-0.25, -0.2) is 0 Å². The van der Waals surface area contributed by atoms with Crippen molar-refractivity contribution in [2.24, 2.45) is 0 Å². The van der Waals surface area contributed by atoms with Crippen LogP contribution in [0.15, 0.2) is 65.4 Å². The van der Waals surface area contributed by atoms with Crippen molar-refractivity contribution < 1.29 is 4.74 Å². The SMILES string of the molecule is Clc1cc2[nH]ncc2cc1-c1ccc(N2CCOCC2)cc1.Clc1cc2cn[nH]c2cc1Br. The second kappa shape index (κ2) is 9.73. The van der Waals surface area contributed by atoms with Gasteiger partial charge in [0, 0.05) is 39.6 Å². The zero-order valence-electron chi connectivity index (χ0n) is 17.5. The minimum Gasteiger partial charge on any atom is -0.378 e. The van der Waals surface area contributed by atoms with Gasteiger partial charge < -0.3 is 9.64 Å². The molecule has 0 radical (unpaired) electrons. The lowest BCUT2D eigenvalue weighted by molar-refractivity contribution is 0.122. The van der Waals surface area contributed by atoms with Crippen LogP contribution in [0.25, 0.3) is 32.9 Å². The van der Waals surface area contributed by atoms with Gasteiger partial charge in [-0.2, -0.15) is 10.2 Å². The van der Waals surface area contributed by atoms with E-state index in [1.165, 1.54) is 5.69 Å². The van der Waals surface area contributed by atoms with Crippen LogP contribution in [0.1, 0.15) is 0 Å². The molecule has 6 nitrogen and oxygen atoms in total. The summed E-state index contributed by atoms with van der Waals surface area (Å²) >= 11 is 15.6. The zero-order valence-corrected chi connectivity index (χ0v) is 20.6. The van der Waals surface area contributed by atoms with Crippen LogP contribution in [0.5, 0.6) is 0 Å². The summed E-state index contributed by atoms with van der Waals surface area (Å²) < 4.78 is 6.28. The lowest BCUT2D eigenvalue weighted by atomic mass is 10.0. The molecule has 5 aromatic rings. The summed E-state index contributed by atoms with van der Waals surface area (Å²) in [6.45, 7) is 3.48. The summed E-state index contributed by atoms with van der Waals surface area (Å²) in [5.41, 5.74) is 5.32. The van der Waals surface area contributed by atoms with Crippen LogP contribution in [0.3, 0.4) is 0 Å². The number of nitrogens with one attached hydrogen (secondary N) is 2. The molecule has 0 aliphatic carbocycles. The molecule has 0 saturated carbocycles. The van der Waals surface area contributed by atoms with Crippen molar-refractivity contribution in [1.82, 2.24) is 20.4 Å². The number of aromatic nitrogens is 4. The number of aromatic amines is 2. The van der Waals surface area contributed by atoms with Gasteiger partial charge in [-0.1, -0.05) is 35.3 Å². The Morgan fingerprint density at radius 2 is 1.45 bits per heavy atom. The Bertz CT molecular complexity index is 1360. The number of nitrogens with zero attached hydrogens (tertiary/aromatic N) is 3. The van der Waals surface area contributed by atoms with Crippen LogP contribution in [0.2, 0.25) is 10.0 Å². The molecule has 9 heteroatoms. The monoisotopic (exact) mass is 543 g/mol. The number of H-pyrrole nitrogens is 2. The molecule has 0 bridgehead atoms. The van der Waals surface area contributed by atoms with Crippen LogP contribution in [-0.2, 0) is 4.74 Å². The Labute approximate surface area is 209 Å². The summed E-state index contributed by atoms with van der Waals surface area (Å²) in [4.78, 5) is 2.34. The van der Waals surface area contributed by atoms with E-state index in [1.54, 1.807) is 6.20 Å². The number of hydrogen-bond acceptors (Lipinski definition) is 4. The van der Waals surface area contributed by atoms with Crippen molar-refractivity contribution in [3.05, 3.63) is 75.4 Å². The van der Waals surface area contributed by atoms with E-state index in [9.17, 15) is 0 Å². The molecule has 1 aliphatic rings. The predicted molar refractivity (Wildman–Crippen MR) is 138 cm³/mol. The maximum absolute atomic E-state index is 6.41. The molecule has 0 spiro atoms. The number of rotatable bonds is 2. The lowest BCUT2D eigenvalue weighted by Crippen LogP contribution is -2.36. The van der Waals surface area contributed by atoms with Crippen LogP contribution in [0, 0.1) is 0 Å². The molecule has 0 atom stereocenters. The number of anilines is 1. The van der Waals surface area contributed by atoms with Crippen molar-refractivity contribution in [2.45, 2.75) is 0 Å². The van der Waals surface area contributed by atoms with Crippen LogP contribution < -0.4 is 4.90 Å². The van der Waals surface area contributed by atoms with E-state index in [0.29, 0.717) is 5.02 Å². The fraction of sp³-hybridized carbons (Fsp3) is 0.167. The van der Waals surface area contributed by atoms with Gasteiger partial charge in [0.25, 0.3) is 0 Å². The van der Waals surface area contributed by atoms with Crippen molar-refractivity contribution in [3.8, 4) is 11.1 Å². The maximum atomic E-state index is 6.41.